The predicted octanol–water partition coefficient (Wildman–Crippen LogP) is 1.22. The molecule has 2 aromatic rings. The third-order valence-corrected chi connectivity index (χ3v) is 5.97. The minimum atomic E-state index is -4.29. The summed E-state index contributed by atoms with van der Waals surface area (Å²) in [5, 5.41) is 26.5. The quantitative estimate of drug-likeness (QED) is 0.488. The molecule has 1 fully saturated rings. The molecule has 1 aliphatic carbocycles. The van der Waals surface area contributed by atoms with Crippen LogP contribution in [-0.2, 0) is 16.6 Å². The summed E-state index contributed by atoms with van der Waals surface area (Å²) in [6.45, 7) is 0.887. The molecule has 0 atom stereocenters. The van der Waals surface area contributed by atoms with Crippen molar-refractivity contribution in [2.45, 2.75) is 37.1 Å². The van der Waals surface area contributed by atoms with Gasteiger partial charge in [-0.05, 0) is 25.8 Å². The standard InChI is InChI=1S/C16H17N5O7S/c1-10-14(20(23)24)8-12(9-15(10)21(25)26)29(27,28)17-6-7-19-16(22)5-4-13(18-19)11-2-3-11/h4-5,8-9,11,17H,2-3,6-7H2,1H3. The summed E-state index contributed by atoms with van der Waals surface area (Å²) in [5.74, 6) is 0.312. The molecular weight excluding hydrogens is 406 g/mol. The molecule has 1 aromatic carbocycles. The van der Waals surface area contributed by atoms with E-state index in [-0.39, 0.29) is 18.7 Å². The van der Waals surface area contributed by atoms with Crippen molar-refractivity contribution in [2.24, 2.45) is 0 Å². The van der Waals surface area contributed by atoms with Crippen LogP contribution < -0.4 is 10.3 Å². The zero-order chi connectivity index (χ0) is 21.3. The molecule has 1 N–H and O–H groups in total. The van der Waals surface area contributed by atoms with Gasteiger partial charge >= 0.3 is 0 Å². The minimum absolute atomic E-state index is 0.0608. The van der Waals surface area contributed by atoms with Crippen LogP contribution in [0.4, 0.5) is 11.4 Å². The molecule has 0 bridgehead atoms. The number of nitro benzene ring substituents is 2. The molecule has 1 aromatic heterocycles. The van der Waals surface area contributed by atoms with Crippen LogP contribution in [0.3, 0.4) is 0 Å². The topological polar surface area (TPSA) is 167 Å². The molecule has 0 radical (unpaired) electrons. The van der Waals surface area contributed by atoms with Crippen LogP contribution in [0.1, 0.15) is 30.0 Å². The maximum atomic E-state index is 12.5. The van der Waals surface area contributed by atoms with Gasteiger partial charge in [-0.1, -0.05) is 0 Å². The number of benzene rings is 1. The molecule has 0 aliphatic heterocycles. The van der Waals surface area contributed by atoms with E-state index >= 15 is 0 Å². The van der Waals surface area contributed by atoms with Crippen LogP contribution in [-0.4, -0.2) is 34.6 Å². The predicted molar refractivity (Wildman–Crippen MR) is 100 cm³/mol. The van der Waals surface area contributed by atoms with Crippen LogP contribution >= 0.6 is 0 Å². The summed E-state index contributed by atoms with van der Waals surface area (Å²) in [5.41, 5.74) is -1.22. The maximum absolute atomic E-state index is 12.5. The Morgan fingerprint density at radius 1 is 1.17 bits per heavy atom. The second-order valence-corrected chi connectivity index (χ2v) is 8.36. The molecule has 29 heavy (non-hydrogen) atoms. The Labute approximate surface area is 164 Å². The van der Waals surface area contributed by atoms with Gasteiger partial charge in [0.25, 0.3) is 16.9 Å². The van der Waals surface area contributed by atoms with Crippen molar-refractivity contribution in [2.75, 3.05) is 6.54 Å². The average Bonchev–Trinajstić information content (AvgIpc) is 3.47. The van der Waals surface area contributed by atoms with Gasteiger partial charge in [0.15, 0.2) is 0 Å². The number of rotatable bonds is 8. The van der Waals surface area contributed by atoms with Crippen LogP contribution in [0, 0.1) is 27.2 Å². The Bertz CT molecular complexity index is 1120. The SMILES string of the molecule is Cc1c([N+](=O)[O-])cc(S(=O)(=O)NCCn2nc(C3CC3)ccc2=O)cc1[N+](=O)[O-]. The van der Waals surface area contributed by atoms with E-state index in [1.807, 2.05) is 0 Å². The summed E-state index contributed by atoms with van der Waals surface area (Å²) in [6.07, 6.45) is 1.98. The normalized spacial score (nSPS) is 14.0. The first-order chi connectivity index (χ1) is 13.6. The van der Waals surface area contributed by atoms with Crippen molar-refractivity contribution in [3.05, 3.63) is 66.1 Å². The molecule has 0 unspecified atom stereocenters. The fraction of sp³-hybridized carbons (Fsp3) is 0.375. The van der Waals surface area contributed by atoms with E-state index in [4.69, 9.17) is 0 Å². The van der Waals surface area contributed by atoms with Crippen molar-refractivity contribution in [1.82, 2.24) is 14.5 Å². The third-order valence-electron chi connectivity index (χ3n) is 4.53. The summed E-state index contributed by atoms with van der Waals surface area (Å²) in [7, 11) is -4.29. The molecule has 0 amide bonds. The van der Waals surface area contributed by atoms with Gasteiger partial charge in [0.05, 0.1) is 27.0 Å². The van der Waals surface area contributed by atoms with E-state index in [2.05, 4.69) is 9.82 Å². The van der Waals surface area contributed by atoms with Crippen molar-refractivity contribution < 1.29 is 18.3 Å². The average molecular weight is 423 g/mol. The van der Waals surface area contributed by atoms with Crippen LogP contribution in [0.15, 0.2) is 34.0 Å². The third kappa shape index (κ3) is 4.46. The highest BCUT2D eigenvalue weighted by Crippen LogP contribution is 2.38. The second-order valence-electron chi connectivity index (χ2n) is 6.59. The van der Waals surface area contributed by atoms with Crippen LogP contribution in [0.25, 0.3) is 0 Å². The Morgan fingerprint density at radius 3 is 2.28 bits per heavy atom. The lowest BCUT2D eigenvalue weighted by Crippen LogP contribution is -2.32. The Hall–Kier alpha value is -3.19. The molecule has 1 saturated carbocycles. The Kier molecular flexibility index (Phi) is 5.44. The fourth-order valence-electron chi connectivity index (χ4n) is 2.78. The van der Waals surface area contributed by atoms with Gasteiger partial charge in [0.1, 0.15) is 5.56 Å². The van der Waals surface area contributed by atoms with E-state index in [1.54, 1.807) is 6.07 Å². The van der Waals surface area contributed by atoms with Gasteiger partial charge in [-0.25, -0.2) is 17.8 Å². The second kappa shape index (κ2) is 7.67. The van der Waals surface area contributed by atoms with Gasteiger partial charge in [-0.15, -0.1) is 0 Å². The number of hydrogen-bond donors (Lipinski definition) is 1. The van der Waals surface area contributed by atoms with Gasteiger partial charge < -0.3 is 0 Å². The number of sulfonamides is 1. The number of nitro groups is 2. The maximum Gasteiger partial charge on any atom is 0.280 e. The Balaban J connectivity index is 1.81. The summed E-state index contributed by atoms with van der Waals surface area (Å²) < 4.78 is 28.3. The van der Waals surface area contributed by atoms with E-state index < -0.39 is 41.7 Å². The summed E-state index contributed by atoms with van der Waals surface area (Å²) in [4.78, 5) is 31.8. The highest BCUT2D eigenvalue weighted by Gasteiger charge is 2.28. The number of aromatic nitrogens is 2. The lowest BCUT2D eigenvalue weighted by atomic mass is 10.1. The van der Waals surface area contributed by atoms with Crippen molar-refractivity contribution in [1.29, 1.82) is 0 Å². The van der Waals surface area contributed by atoms with Gasteiger partial charge in [-0.3, -0.25) is 25.0 Å². The first-order valence-electron chi connectivity index (χ1n) is 8.61. The van der Waals surface area contributed by atoms with Crippen molar-refractivity contribution in [3.63, 3.8) is 0 Å². The minimum Gasteiger partial charge on any atom is -0.268 e. The zero-order valence-corrected chi connectivity index (χ0v) is 16.1. The van der Waals surface area contributed by atoms with E-state index in [1.165, 1.54) is 13.0 Å². The molecule has 1 heterocycles. The number of nitrogens with zero attached hydrogens (tertiary/aromatic N) is 4. The molecule has 1 aliphatic rings. The zero-order valence-electron chi connectivity index (χ0n) is 15.3. The summed E-state index contributed by atoms with van der Waals surface area (Å²) >= 11 is 0. The van der Waals surface area contributed by atoms with Gasteiger partial charge in [0, 0.05) is 30.7 Å². The van der Waals surface area contributed by atoms with Gasteiger partial charge in [-0.2, -0.15) is 5.10 Å². The molecule has 3 rings (SSSR count). The highest BCUT2D eigenvalue weighted by atomic mass is 32.2. The first-order valence-corrected chi connectivity index (χ1v) is 10.1. The molecular formula is C16H17N5O7S. The molecule has 0 spiro atoms. The monoisotopic (exact) mass is 423 g/mol. The van der Waals surface area contributed by atoms with Crippen LogP contribution in [0.2, 0.25) is 0 Å². The molecule has 154 valence electrons. The van der Waals surface area contributed by atoms with Crippen LogP contribution in [0.5, 0.6) is 0 Å². The molecule has 12 nitrogen and oxygen atoms in total. The lowest BCUT2D eigenvalue weighted by Gasteiger charge is -2.09. The van der Waals surface area contributed by atoms with E-state index in [9.17, 15) is 33.4 Å². The molecule has 0 saturated heterocycles. The summed E-state index contributed by atoms with van der Waals surface area (Å²) in [6, 6.07) is 4.54. The van der Waals surface area contributed by atoms with Gasteiger partial charge in [0.2, 0.25) is 10.0 Å². The first kappa shape index (κ1) is 20.5. The van der Waals surface area contributed by atoms with Crippen molar-refractivity contribution >= 4 is 21.4 Å². The Morgan fingerprint density at radius 2 is 1.76 bits per heavy atom. The smallest absolute Gasteiger partial charge is 0.268 e. The molecule has 13 heteroatoms. The highest BCUT2D eigenvalue weighted by molar-refractivity contribution is 7.89. The van der Waals surface area contributed by atoms with E-state index in [0.29, 0.717) is 5.92 Å². The lowest BCUT2D eigenvalue weighted by molar-refractivity contribution is -0.395. The largest absolute Gasteiger partial charge is 0.280 e. The van der Waals surface area contributed by atoms with E-state index in [0.717, 1.165) is 35.4 Å². The fourth-order valence-corrected chi connectivity index (χ4v) is 3.84. The number of hydrogen-bond acceptors (Lipinski definition) is 8. The number of nitrogens with one attached hydrogen (secondary N) is 1. The van der Waals surface area contributed by atoms with Crippen molar-refractivity contribution in [3.8, 4) is 0 Å².